The maximum Gasteiger partial charge on any atom is 0.218 e. The van der Waals surface area contributed by atoms with Crippen LogP contribution in [-0.2, 0) is 13.0 Å². The Labute approximate surface area is 120 Å². The number of hydrogen-bond donors (Lipinski definition) is 1. The molecule has 0 fully saturated rings. The predicted octanol–water partition coefficient (Wildman–Crippen LogP) is 3.36. The third kappa shape index (κ3) is 3.95. The average molecular weight is 271 g/mol. The lowest BCUT2D eigenvalue weighted by molar-refractivity contribution is 0.325. The van der Waals surface area contributed by atoms with E-state index in [1.165, 1.54) is 11.1 Å². The molecule has 0 saturated heterocycles. The topological polar surface area (TPSA) is 47.0 Å². The molecule has 2 rings (SSSR count). The number of ether oxygens (including phenoxy) is 1. The van der Waals surface area contributed by atoms with E-state index in [4.69, 9.17) is 4.74 Å². The van der Waals surface area contributed by atoms with Crippen molar-refractivity contribution >= 4 is 5.82 Å². The molecule has 1 N–H and O–H groups in total. The standard InChI is InChI=1S/C16H21N3O/c1-4-14-18-15(10-16(19-14)20-5-2)17-11-13-8-6-12(3)7-9-13/h6-10H,4-5,11H2,1-3H3,(H,17,18,19). The summed E-state index contributed by atoms with van der Waals surface area (Å²) in [6.45, 7) is 7.43. The summed E-state index contributed by atoms with van der Waals surface area (Å²) in [5, 5.41) is 3.32. The fraction of sp³-hybridized carbons (Fsp3) is 0.375. The van der Waals surface area contributed by atoms with Crippen LogP contribution in [0.5, 0.6) is 5.88 Å². The van der Waals surface area contributed by atoms with Gasteiger partial charge in [0.15, 0.2) is 0 Å². The van der Waals surface area contributed by atoms with Gasteiger partial charge in [0.25, 0.3) is 0 Å². The number of nitrogens with one attached hydrogen (secondary N) is 1. The van der Waals surface area contributed by atoms with Crippen LogP contribution in [0, 0.1) is 6.92 Å². The van der Waals surface area contributed by atoms with Gasteiger partial charge in [-0.15, -0.1) is 0 Å². The van der Waals surface area contributed by atoms with Crippen LogP contribution in [0.15, 0.2) is 30.3 Å². The SMILES string of the molecule is CCOc1cc(NCc2ccc(C)cc2)nc(CC)n1. The van der Waals surface area contributed by atoms with E-state index < -0.39 is 0 Å². The zero-order valence-corrected chi connectivity index (χ0v) is 12.3. The van der Waals surface area contributed by atoms with E-state index in [0.29, 0.717) is 12.5 Å². The highest BCUT2D eigenvalue weighted by atomic mass is 16.5. The van der Waals surface area contributed by atoms with E-state index in [1.54, 1.807) is 0 Å². The Morgan fingerprint density at radius 1 is 1.10 bits per heavy atom. The van der Waals surface area contributed by atoms with Crippen molar-refractivity contribution in [2.24, 2.45) is 0 Å². The van der Waals surface area contributed by atoms with Gasteiger partial charge in [-0.3, -0.25) is 0 Å². The van der Waals surface area contributed by atoms with Crippen LogP contribution < -0.4 is 10.1 Å². The molecule has 1 aromatic carbocycles. The lowest BCUT2D eigenvalue weighted by Crippen LogP contribution is -2.06. The Hall–Kier alpha value is -2.10. The number of anilines is 1. The average Bonchev–Trinajstić information content (AvgIpc) is 2.47. The summed E-state index contributed by atoms with van der Waals surface area (Å²) < 4.78 is 5.47. The van der Waals surface area contributed by atoms with Crippen LogP contribution in [0.25, 0.3) is 0 Å². The van der Waals surface area contributed by atoms with Crippen molar-refractivity contribution in [1.29, 1.82) is 0 Å². The monoisotopic (exact) mass is 271 g/mol. The fourth-order valence-corrected chi connectivity index (χ4v) is 1.84. The predicted molar refractivity (Wildman–Crippen MR) is 81.1 cm³/mol. The number of aryl methyl sites for hydroxylation is 2. The first-order chi connectivity index (χ1) is 9.71. The highest BCUT2D eigenvalue weighted by Gasteiger charge is 2.04. The molecular formula is C16H21N3O. The van der Waals surface area contributed by atoms with Crippen LogP contribution in [0.1, 0.15) is 30.8 Å². The fourth-order valence-electron chi connectivity index (χ4n) is 1.84. The number of aromatic nitrogens is 2. The molecule has 0 bridgehead atoms. The molecule has 4 heteroatoms. The number of rotatable bonds is 6. The van der Waals surface area contributed by atoms with Gasteiger partial charge in [0.1, 0.15) is 11.6 Å². The first-order valence-corrected chi connectivity index (χ1v) is 7.01. The van der Waals surface area contributed by atoms with Crippen LogP contribution >= 0.6 is 0 Å². The second kappa shape index (κ2) is 6.89. The molecule has 2 aromatic rings. The highest BCUT2D eigenvalue weighted by molar-refractivity contribution is 5.39. The number of benzene rings is 1. The third-order valence-corrected chi connectivity index (χ3v) is 2.95. The minimum absolute atomic E-state index is 0.609. The largest absolute Gasteiger partial charge is 0.478 e. The van der Waals surface area contributed by atoms with E-state index >= 15 is 0 Å². The van der Waals surface area contributed by atoms with Crippen molar-refractivity contribution < 1.29 is 4.74 Å². The van der Waals surface area contributed by atoms with Gasteiger partial charge in [-0.25, -0.2) is 4.98 Å². The first kappa shape index (κ1) is 14.3. The minimum Gasteiger partial charge on any atom is -0.478 e. The maximum atomic E-state index is 5.47. The van der Waals surface area contributed by atoms with Gasteiger partial charge >= 0.3 is 0 Å². The zero-order valence-electron chi connectivity index (χ0n) is 12.3. The molecule has 0 radical (unpaired) electrons. The normalized spacial score (nSPS) is 10.3. The van der Waals surface area contributed by atoms with Gasteiger partial charge in [-0.05, 0) is 19.4 Å². The lowest BCUT2D eigenvalue weighted by atomic mass is 10.1. The lowest BCUT2D eigenvalue weighted by Gasteiger charge is -2.10. The van der Waals surface area contributed by atoms with Gasteiger partial charge in [-0.1, -0.05) is 36.8 Å². The van der Waals surface area contributed by atoms with Crippen LogP contribution in [0.4, 0.5) is 5.82 Å². The van der Waals surface area contributed by atoms with Gasteiger partial charge < -0.3 is 10.1 Å². The van der Waals surface area contributed by atoms with Crippen LogP contribution in [0.2, 0.25) is 0 Å². The van der Waals surface area contributed by atoms with E-state index in [1.807, 2.05) is 19.9 Å². The summed E-state index contributed by atoms with van der Waals surface area (Å²) in [6.07, 6.45) is 0.792. The summed E-state index contributed by atoms with van der Waals surface area (Å²) in [7, 11) is 0. The smallest absolute Gasteiger partial charge is 0.218 e. The Bertz CT molecular complexity index is 552. The molecule has 0 atom stereocenters. The summed E-state index contributed by atoms with van der Waals surface area (Å²) in [4.78, 5) is 8.80. The number of nitrogens with zero attached hydrogens (tertiary/aromatic N) is 2. The van der Waals surface area contributed by atoms with Crippen molar-refractivity contribution in [2.45, 2.75) is 33.7 Å². The molecule has 106 valence electrons. The summed E-state index contributed by atoms with van der Waals surface area (Å²) >= 11 is 0. The van der Waals surface area contributed by atoms with Crippen LogP contribution in [-0.4, -0.2) is 16.6 Å². The van der Waals surface area contributed by atoms with Crippen LogP contribution in [0.3, 0.4) is 0 Å². The molecular weight excluding hydrogens is 250 g/mol. The Morgan fingerprint density at radius 3 is 2.50 bits per heavy atom. The molecule has 4 nitrogen and oxygen atoms in total. The maximum absolute atomic E-state index is 5.47. The molecule has 0 aliphatic rings. The quantitative estimate of drug-likeness (QED) is 0.875. The molecule has 0 aliphatic carbocycles. The van der Waals surface area contributed by atoms with Crippen molar-refractivity contribution in [3.8, 4) is 5.88 Å². The van der Waals surface area contributed by atoms with E-state index in [9.17, 15) is 0 Å². The molecule has 1 heterocycles. The summed E-state index contributed by atoms with van der Waals surface area (Å²) in [5.74, 6) is 2.23. The second-order valence-electron chi connectivity index (χ2n) is 4.63. The summed E-state index contributed by atoms with van der Waals surface area (Å²) in [5.41, 5.74) is 2.49. The van der Waals surface area contributed by atoms with Gasteiger partial charge in [0.05, 0.1) is 6.61 Å². The third-order valence-electron chi connectivity index (χ3n) is 2.95. The Morgan fingerprint density at radius 2 is 1.85 bits per heavy atom. The molecule has 0 amide bonds. The Balaban J connectivity index is 2.07. The van der Waals surface area contributed by atoms with Gasteiger partial charge in [0, 0.05) is 19.0 Å². The molecule has 0 spiro atoms. The highest BCUT2D eigenvalue weighted by Crippen LogP contribution is 2.15. The van der Waals surface area contributed by atoms with Crippen molar-refractivity contribution in [2.75, 3.05) is 11.9 Å². The summed E-state index contributed by atoms with van der Waals surface area (Å²) in [6, 6.07) is 10.3. The molecule has 1 aromatic heterocycles. The van der Waals surface area contributed by atoms with E-state index in [2.05, 4.69) is 46.5 Å². The molecule has 20 heavy (non-hydrogen) atoms. The molecule has 0 unspecified atom stereocenters. The Kier molecular flexibility index (Phi) is 4.93. The van der Waals surface area contributed by atoms with Gasteiger partial charge in [0.2, 0.25) is 5.88 Å². The second-order valence-corrected chi connectivity index (χ2v) is 4.63. The van der Waals surface area contributed by atoms with Crippen molar-refractivity contribution in [3.63, 3.8) is 0 Å². The van der Waals surface area contributed by atoms with Crippen molar-refractivity contribution in [1.82, 2.24) is 9.97 Å². The zero-order chi connectivity index (χ0) is 14.4. The minimum atomic E-state index is 0.609. The van der Waals surface area contributed by atoms with E-state index in [0.717, 1.165) is 24.6 Å². The van der Waals surface area contributed by atoms with Crippen molar-refractivity contribution in [3.05, 3.63) is 47.3 Å². The number of hydrogen-bond acceptors (Lipinski definition) is 4. The van der Waals surface area contributed by atoms with E-state index in [-0.39, 0.29) is 0 Å². The molecule has 0 saturated carbocycles. The molecule has 0 aliphatic heterocycles. The van der Waals surface area contributed by atoms with Gasteiger partial charge in [-0.2, -0.15) is 4.98 Å². The first-order valence-electron chi connectivity index (χ1n) is 7.01.